The molecule has 28 heavy (non-hydrogen) atoms. The first-order chi connectivity index (χ1) is 13.7. The van der Waals surface area contributed by atoms with Crippen LogP contribution in [0, 0.1) is 5.92 Å². The molecule has 0 aromatic rings. The van der Waals surface area contributed by atoms with Crippen molar-refractivity contribution in [2.75, 3.05) is 40.0 Å². The summed E-state index contributed by atoms with van der Waals surface area (Å²) in [6.45, 7) is 2.82. The van der Waals surface area contributed by atoms with Gasteiger partial charge in [-0.15, -0.1) is 0 Å². The first-order valence-corrected chi connectivity index (χ1v) is 10.5. The van der Waals surface area contributed by atoms with Crippen molar-refractivity contribution in [3.63, 3.8) is 0 Å². The van der Waals surface area contributed by atoms with E-state index in [9.17, 15) is 10.2 Å². The SMILES string of the molecule is COC1CCC(CC2NCC(O)C2OC(O)NCCOCC2CNNN2)CC1. The quantitative estimate of drug-likeness (QED) is 0.156. The van der Waals surface area contributed by atoms with Crippen LogP contribution in [0.2, 0.25) is 0 Å². The lowest BCUT2D eigenvalue weighted by molar-refractivity contribution is -0.177. The van der Waals surface area contributed by atoms with Crippen molar-refractivity contribution in [1.29, 1.82) is 0 Å². The van der Waals surface area contributed by atoms with Crippen molar-refractivity contribution >= 4 is 0 Å². The van der Waals surface area contributed by atoms with E-state index < -0.39 is 18.6 Å². The number of nitrogens with one attached hydrogen (secondary N) is 5. The molecule has 0 amide bonds. The molecule has 2 heterocycles. The minimum absolute atomic E-state index is 0.0558. The highest BCUT2D eigenvalue weighted by Crippen LogP contribution is 2.31. The van der Waals surface area contributed by atoms with E-state index in [1.54, 1.807) is 7.11 Å². The van der Waals surface area contributed by atoms with Crippen molar-refractivity contribution in [2.45, 2.75) is 68.9 Å². The van der Waals surface area contributed by atoms with Crippen LogP contribution in [-0.4, -0.2) is 87.0 Å². The minimum atomic E-state index is -1.12. The predicted octanol–water partition coefficient (Wildman–Crippen LogP) is -1.84. The Balaban J connectivity index is 1.31. The number of β-amino-alcohol motifs (C(OH)–C–C–N with tert-alkyl or cyclic N) is 1. The number of aliphatic hydroxyl groups is 2. The summed E-state index contributed by atoms with van der Waals surface area (Å²) in [7, 11) is 1.78. The molecule has 164 valence electrons. The zero-order valence-electron chi connectivity index (χ0n) is 16.7. The summed E-state index contributed by atoms with van der Waals surface area (Å²) in [5.74, 6) is 0.604. The molecule has 3 rings (SSSR count). The molecule has 5 atom stereocenters. The number of methoxy groups -OCH3 is 1. The van der Waals surface area contributed by atoms with Crippen LogP contribution >= 0.6 is 0 Å². The smallest absolute Gasteiger partial charge is 0.213 e. The fourth-order valence-electron chi connectivity index (χ4n) is 4.29. The Kier molecular flexibility index (Phi) is 9.31. The number of rotatable bonds is 11. The number of aliphatic hydroxyl groups excluding tert-OH is 2. The van der Waals surface area contributed by atoms with Gasteiger partial charge < -0.3 is 29.7 Å². The molecule has 2 saturated heterocycles. The number of ether oxygens (including phenoxy) is 3. The van der Waals surface area contributed by atoms with E-state index in [-0.39, 0.29) is 12.1 Å². The summed E-state index contributed by atoms with van der Waals surface area (Å²) < 4.78 is 16.7. The Hall–Kier alpha value is -0.400. The standard InChI is InChI=1S/C18H37N5O5/c1-26-14-4-2-12(3-5-14)8-15-17(16(24)10-20-15)28-18(25)19-6-7-27-11-13-9-21-23-22-13/h12-25H,2-11H2,1H3. The molecule has 10 nitrogen and oxygen atoms in total. The van der Waals surface area contributed by atoms with E-state index in [0.29, 0.717) is 38.3 Å². The van der Waals surface area contributed by atoms with E-state index in [4.69, 9.17) is 14.2 Å². The Bertz CT molecular complexity index is 435. The molecular formula is C18H37N5O5. The number of hydrazine groups is 2. The minimum Gasteiger partial charge on any atom is -0.389 e. The topological polar surface area (TPSA) is 128 Å². The summed E-state index contributed by atoms with van der Waals surface area (Å²) >= 11 is 0. The zero-order chi connectivity index (χ0) is 19.8. The summed E-state index contributed by atoms with van der Waals surface area (Å²) in [4.78, 5) is 0. The molecule has 3 fully saturated rings. The third-order valence-corrected chi connectivity index (χ3v) is 5.96. The highest BCUT2D eigenvalue weighted by atomic mass is 16.6. The molecule has 7 N–H and O–H groups in total. The monoisotopic (exact) mass is 403 g/mol. The summed E-state index contributed by atoms with van der Waals surface area (Å²) in [6.07, 6.45) is 3.65. The molecule has 0 bridgehead atoms. The molecule has 5 unspecified atom stereocenters. The summed E-state index contributed by atoms with van der Waals surface area (Å²) in [5.41, 5.74) is 8.82. The van der Waals surface area contributed by atoms with E-state index >= 15 is 0 Å². The molecule has 3 aliphatic rings. The summed E-state index contributed by atoms with van der Waals surface area (Å²) in [5, 5.41) is 26.7. The number of hydrogen-bond donors (Lipinski definition) is 7. The first kappa shape index (κ1) is 22.3. The molecule has 1 saturated carbocycles. The van der Waals surface area contributed by atoms with Crippen LogP contribution in [-0.2, 0) is 14.2 Å². The van der Waals surface area contributed by atoms with E-state index in [2.05, 4.69) is 27.0 Å². The average molecular weight is 404 g/mol. The van der Waals surface area contributed by atoms with E-state index in [0.717, 1.165) is 38.6 Å². The van der Waals surface area contributed by atoms with Gasteiger partial charge in [-0.25, -0.2) is 10.9 Å². The van der Waals surface area contributed by atoms with Crippen molar-refractivity contribution in [3.8, 4) is 0 Å². The van der Waals surface area contributed by atoms with Crippen LogP contribution in [0.15, 0.2) is 0 Å². The van der Waals surface area contributed by atoms with Gasteiger partial charge in [0, 0.05) is 32.8 Å². The normalized spacial score (nSPS) is 37.4. The Morgan fingerprint density at radius 2 is 2.00 bits per heavy atom. The third kappa shape index (κ3) is 6.84. The fourth-order valence-corrected chi connectivity index (χ4v) is 4.29. The van der Waals surface area contributed by atoms with Gasteiger partial charge in [0.2, 0.25) is 6.41 Å². The molecular weight excluding hydrogens is 366 g/mol. The van der Waals surface area contributed by atoms with Gasteiger partial charge in [0.15, 0.2) is 0 Å². The van der Waals surface area contributed by atoms with Gasteiger partial charge in [0.05, 0.1) is 31.5 Å². The fraction of sp³-hybridized carbons (Fsp3) is 1.00. The Morgan fingerprint density at radius 1 is 1.18 bits per heavy atom. The van der Waals surface area contributed by atoms with Crippen LogP contribution in [0.25, 0.3) is 0 Å². The Morgan fingerprint density at radius 3 is 2.71 bits per heavy atom. The van der Waals surface area contributed by atoms with E-state index in [1.807, 2.05) is 0 Å². The highest BCUT2D eigenvalue weighted by Gasteiger charge is 2.38. The van der Waals surface area contributed by atoms with Crippen molar-refractivity contribution in [1.82, 2.24) is 27.0 Å². The van der Waals surface area contributed by atoms with Crippen LogP contribution in [0.1, 0.15) is 32.1 Å². The maximum Gasteiger partial charge on any atom is 0.213 e. The zero-order valence-corrected chi connectivity index (χ0v) is 16.7. The van der Waals surface area contributed by atoms with Gasteiger partial charge in [-0.1, -0.05) is 0 Å². The number of hydrogen-bond acceptors (Lipinski definition) is 10. The largest absolute Gasteiger partial charge is 0.389 e. The van der Waals surface area contributed by atoms with Gasteiger partial charge in [-0.3, -0.25) is 5.32 Å². The van der Waals surface area contributed by atoms with Crippen LogP contribution in [0.4, 0.5) is 0 Å². The lowest BCUT2D eigenvalue weighted by atomic mass is 9.82. The molecule has 1 aliphatic carbocycles. The van der Waals surface area contributed by atoms with Gasteiger partial charge in [-0.05, 0) is 38.0 Å². The van der Waals surface area contributed by atoms with E-state index in [1.165, 1.54) is 0 Å². The maximum atomic E-state index is 10.3. The van der Waals surface area contributed by atoms with Gasteiger partial charge in [-0.2, -0.15) is 5.53 Å². The van der Waals surface area contributed by atoms with Crippen LogP contribution in [0.5, 0.6) is 0 Å². The highest BCUT2D eigenvalue weighted by molar-refractivity contribution is 4.93. The predicted molar refractivity (Wildman–Crippen MR) is 103 cm³/mol. The molecule has 2 aliphatic heterocycles. The lowest BCUT2D eigenvalue weighted by Gasteiger charge is -2.32. The third-order valence-electron chi connectivity index (χ3n) is 5.96. The van der Waals surface area contributed by atoms with Crippen molar-refractivity contribution in [2.24, 2.45) is 5.92 Å². The second-order valence-electron chi connectivity index (χ2n) is 8.03. The molecule has 0 spiro atoms. The Labute approximate surface area is 167 Å². The molecule has 0 aromatic carbocycles. The first-order valence-electron chi connectivity index (χ1n) is 10.5. The molecule has 0 aromatic heterocycles. The molecule has 0 radical (unpaired) electrons. The van der Waals surface area contributed by atoms with Gasteiger partial charge in [0.25, 0.3) is 0 Å². The van der Waals surface area contributed by atoms with Crippen LogP contribution in [0.3, 0.4) is 0 Å². The van der Waals surface area contributed by atoms with Crippen molar-refractivity contribution < 1.29 is 24.4 Å². The summed E-state index contributed by atoms with van der Waals surface area (Å²) in [6, 6.07) is 0.292. The second kappa shape index (κ2) is 11.7. The van der Waals surface area contributed by atoms with Crippen LogP contribution < -0.4 is 27.0 Å². The van der Waals surface area contributed by atoms with Crippen molar-refractivity contribution in [3.05, 3.63) is 0 Å². The average Bonchev–Trinajstić information content (AvgIpc) is 3.34. The molecule has 10 heteroatoms. The van der Waals surface area contributed by atoms with Gasteiger partial charge in [0.1, 0.15) is 6.10 Å². The lowest BCUT2D eigenvalue weighted by Crippen LogP contribution is -2.45. The maximum absolute atomic E-state index is 10.3. The van der Waals surface area contributed by atoms with Gasteiger partial charge >= 0.3 is 0 Å². The second-order valence-corrected chi connectivity index (χ2v) is 8.03.